The van der Waals surface area contributed by atoms with E-state index >= 15 is 0 Å². The Hall–Kier alpha value is -3.52. The van der Waals surface area contributed by atoms with Crippen LogP contribution in [-0.4, -0.2) is 27.5 Å². The maximum absolute atomic E-state index is 13.0. The highest BCUT2D eigenvalue weighted by Crippen LogP contribution is 2.29. The van der Waals surface area contributed by atoms with Crippen LogP contribution in [0, 0.1) is 13.8 Å². The van der Waals surface area contributed by atoms with Crippen molar-refractivity contribution in [1.29, 1.82) is 0 Å². The molecule has 2 heterocycles. The molecular weight excluding hydrogens is 424 g/mol. The molecule has 0 unspecified atom stereocenters. The van der Waals surface area contributed by atoms with Crippen molar-refractivity contribution in [2.75, 3.05) is 11.9 Å². The zero-order valence-electron chi connectivity index (χ0n) is 17.9. The Morgan fingerprint density at radius 2 is 2.03 bits per heavy atom. The number of rotatable bonds is 9. The summed E-state index contributed by atoms with van der Waals surface area (Å²) in [6, 6.07) is 16.8. The van der Waals surface area contributed by atoms with Crippen LogP contribution in [-0.2, 0) is 12.3 Å². The van der Waals surface area contributed by atoms with Gasteiger partial charge in [-0.1, -0.05) is 23.4 Å². The van der Waals surface area contributed by atoms with E-state index in [0.29, 0.717) is 35.9 Å². The Kier molecular flexibility index (Phi) is 6.91. The van der Waals surface area contributed by atoms with Gasteiger partial charge in [-0.3, -0.25) is 9.48 Å². The van der Waals surface area contributed by atoms with E-state index in [1.54, 1.807) is 18.0 Å². The quantitative estimate of drug-likeness (QED) is 0.358. The van der Waals surface area contributed by atoms with Crippen molar-refractivity contribution >= 4 is 23.4 Å². The Morgan fingerprint density at radius 1 is 1.16 bits per heavy atom. The van der Waals surface area contributed by atoms with Crippen LogP contribution >= 0.6 is 11.8 Å². The monoisotopic (exact) mass is 448 g/mol. The molecular formula is C24H24N4O3S. The molecule has 8 heteroatoms. The summed E-state index contributed by atoms with van der Waals surface area (Å²) in [4.78, 5) is 13.9. The molecule has 7 nitrogen and oxygen atoms in total. The number of thioether (sulfide) groups is 1. The van der Waals surface area contributed by atoms with Crippen molar-refractivity contribution in [1.82, 2.24) is 14.9 Å². The van der Waals surface area contributed by atoms with E-state index in [1.165, 1.54) is 0 Å². The minimum absolute atomic E-state index is 0.166. The van der Waals surface area contributed by atoms with Crippen molar-refractivity contribution in [2.24, 2.45) is 0 Å². The largest absolute Gasteiger partial charge is 0.492 e. The highest BCUT2D eigenvalue weighted by Gasteiger charge is 2.15. The molecule has 0 bridgehead atoms. The van der Waals surface area contributed by atoms with Gasteiger partial charge in [-0.2, -0.15) is 5.10 Å². The second-order valence-electron chi connectivity index (χ2n) is 7.19. The lowest BCUT2D eigenvalue weighted by Crippen LogP contribution is -2.13. The number of carbonyl (C=O) groups excluding carboxylic acids is 1. The second-order valence-corrected chi connectivity index (χ2v) is 8.20. The number of hydrogen-bond donors (Lipinski definition) is 1. The molecule has 4 aromatic rings. The smallest absolute Gasteiger partial charge is 0.256 e. The molecule has 2 aromatic heterocycles. The summed E-state index contributed by atoms with van der Waals surface area (Å²) in [7, 11) is 0. The van der Waals surface area contributed by atoms with Crippen LogP contribution < -0.4 is 10.1 Å². The van der Waals surface area contributed by atoms with Crippen LogP contribution in [0.25, 0.3) is 0 Å². The van der Waals surface area contributed by atoms with Gasteiger partial charge >= 0.3 is 0 Å². The normalized spacial score (nSPS) is 10.8. The number of benzene rings is 2. The number of nitrogens with zero attached hydrogens (tertiary/aromatic N) is 3. The van der Waals surface area contributed by atoms with Crippen LogP contribution in [0.5, 0.6) is 5.75 Å². The molecule has 0 saturated carbocycles. The summed E-state index contributed by atoms with van der Waals surface area (Å²) in [6.07, 6.45) is 3.63. The maximum Gasteiger partial charge on any atom is 0.256 e. The number of anilines is 1. The number of ether oxygens (including phenoxy) is 1. The third-order valence-corrected chi connectivity index (χ3v) is 6.03. The predicted molar refractivity (Wildman–Crippen MR) is 124 cm³/mol. The molecule has 164 valence electrons. The lowest BCUT2D eigenvalue weighted by Gasteiger charge is -2.11. The van der Waals surface area contributed by atoms with Crippen LogP contribution in [0.2, 0.25) is 0 Å². The summed E-state index contributed by atoms with van der Waals surface area (Å²) >= 11 is 1.59. The molecule has 32 heavy (non-hydrogen) atoms. The Balaban J connectivity index is 1.39. The van der Waals surface area contributed by atoms with Crippen LogP contribution in [0.1, 0.15) is 27.4 Å². The molecule has 0 aliphatic rings. The first-order valence-electron chi connectivity index (χ1n) is 10.3. The van der Waals surface area contributed by atoms with Crippen molar-refractivity contribution in [3.63, 3.8) is 0 Å². The van der Waals surface area contributed by atoms with Gasteiger partial charge in [0.15, 0.2) is 0 Å². The highest BCUT2D eigenvalue weighted by atomic mass is 32.2. The first-order chi connectivity index (χ1) is 15.6. The zero-order chi connectivity index (χ0) is 22.3. The molecule has 1 amide bonds. The molecule has 0 spiro atoms. The first-order valence-corrected chi connectivity index (χ1v) is 11.2. The van der Waals surface area contributed by atoms with Gasteiger partial charge in [0.05, 0.1) is 17.8 Å². The van der Waals surface area contributed by atoms with Gasteiger partial charge in [0, 0.05) is 40.4 Å². The highest BCUT2D eigenvalue weighted by molar-refractivity contribution is 7.98. The SMILES string of the molecule is Cc1noc(C)c1CSc1ccccc1C(=O)Nc1cccc(OCCn2cccn2)c1. The lowest BCUT2D eigenvalue weighted by atomic mass is 10.2. The number of nitrogens with one attached hydrogen (secondary N) is 1. The standard InChI is InChI=1S/C24H24N4O3S/c1-17-22(18(2)31-27-17)16-32-23-10-4-3-9-21(23)24(29)26-19-7-5-8-20(15-19)30-14-13-28-12-6-11-25-28/h3-12,15H,13-14,16H2,1-2H3,(H,26,29). The predicted octanol–water partition coefficient (Wildman–Crippen LogP) is 5.11. The van der Waals surface area contributed by atoms with E-state index in [9.17, 15) is 4.79 Å². The number of amides is 1. The van der Waals surface area contributed by atoms with E-state index in [2.05, 4.69) is 15.6 Å². The molecule has 0 saturated heterocycles. The van der Waals surface area contributed by atoms with Gasteiger partial charge in [0.25, 0.3) is 5.91 Å². The Labute approximate surface area is 190 Å². The lowest BCUT2D eigenvalue weighted by molar-refractivity contribution is 0.102. The van der Waals surface area contributed by atoms with Crippen molar-refractivity contribution < 1.29 is 14.1 Å². The van der Waals surface area contributed by atoms with Crippen molar-refractivity contribution in [3.8, 4) is 5.75 Å². The summed E-state index contributed by atoms with van der Waals surface area (Å²) in [5, 5.41) is 11.1. The second kappa shape index (κ2) is 10.2. The van der Waals surface area contributed by atoms with Crippen molar-refractivity contribution in [2.45, 2.75) is 31.0 Å². The topological polar surface area (TPSA) is 82.2 Å². The van der Waals surface area contributed by atoms with Gasteiger partial charge in [-0.15, -0.1) is 11.8 Å². The summed E-state index contributed by atoms with van der Waals surface area (Å²) in [5.74, 6) is 2.02. The average molecular weight is 449 g/mol. The molecule has 2 aromatic carbocycles. The number of aryl methyl sites for hydroxylation is 2. The third-order valence-electron chi connectivity index (χ3n) is 4.93. The number of hydrogen-bond acceptors (Lipinski definition) is 6. The van der Waals surface area contributed by atoms with Crippen LogP contribution in [0.3, 0.4) is 0 Å². The average Bonchev–Trinajstić information content (AvgIpc) is 3.42. The van der Waals surface area contributed by atoms with E-state index < -0.39 is 0 Å². The van der Waals surface area contributed by atoms with E-state index in [1.807, 2.05) is 79.3 Å². The molecule has 1 N–H and O–H groups in total. The molecule has 4 rings (SSSR count). The number of carbonyl (C=O) groups is 1. The summed E-state index contributed by atoms with van der Waals surface area (Å²) in [5.41, 5.74) is 3.23. The van der Waals surface area contributed by atoms with Gasteiger partial charge in [0.2, 0.25) is 0 Å². The van der Waals surface area contributed by atoms with Crippen molar-refractivity contribution in [3.05, 3.63) is 89.6 Å². The van der Waals surface area contributed by atoms with E-state index in [0.717, 1.165) is 21.9 Å². The van der Waals surface area contributed by atoms with Gasteiger partial charge < -0.3 is 14.6 Å². The van der Waals surface area contributed by atoms with Gasteiger partial charge in [-0.25, -0.2) is 0 Å². The fourth-order valence-electron chi connectivity index (χ4n) is 3.19. The maximum atomic E-state index is 13.0. The summed E-state index contributed by atoms with van der Waals surface area (Å²) in [6.45, 7) is 4.97. The minimum atomic E-state index is -0.166. The van der Waals surface area contributed by atoms with Gasteiger partial charge in [0.1, 0.15) is 18.1 Å². The van der Waals surface area contributed by atoms with Crippen LogP contribution in [0.4, 0.5) is 5.69 Å². The van der Waals surface area contributed by atoms with Crippen LogP contribution in [0.15, 0.2) is 76.4 Å². The molecule has 0 atom stereocenters. The first kappa shape index (κ1) is 21.7. The fourth-order valence-corrected chi connectivity index (χ4v) is 4.39. The van der Waals surface area contributed by atoms with Gasteiger partial charge in [-0.05, 0) is 44.2 Å². The van der Waals surface area contributed by atoms with E-state index in [-0.39, 0.29) is 5.91 Å². The third kappa shape index (κ3) is 5.39. The Bertz CT molecular complexity index is 1170. The molecule has 0 aliphatic carbocycles. The molecule has 0 fully saturated rings. The molecule has 0 radical (unpaired) electrons. The van der Waals surface area contributed by atoms with E-state index in [4.69, 9.17) is 9.26 Å². The summed E-state index contributed by atoms with van der Waals surface area (Å²) < 4.78 is 12.9. The minimum Gasteiger partial charge on any atom is -0.492 e. The zero-order valence-corrected chi connectivity index (χ0v) is 18.8. The molecule has 0 aliphatic heterocycles. The Morgan fingerprint density at radius 3 is 2.81 bits per heavy atom. The number of aromatic nitrogens is 3. The fraction of sp³-hybridized carbons (Fsp3) is 0.208.